The van der Waals surface area contributed by atoms with E-state index in [0.29, 0.717) is 12.3 Å². The van der Waals surface area contributed by atoms with E-state index in [-0.39, 0.29) is 5.91 Å². The van der Waals surface area contributed by atoms with Gasteiger partial charge in [0, 0.05) is 6.54 Å². The first-order valence-electron chi connectivity index (χ1n) is 8.93. The quantitative estimate of drug-likeness (QED) is 0.365. The molecule has 0 aliphatic carbocycles. The number of thioether (sulfide) groups is 1. The highest BCUT2D eigenvalue weighted by Gasteiger charge is 2.16. The second-order valence-corrected chi connectivity index (χ2v) is 9.00. The Morgan fingerprint density at radius 1 is 1.14 bits per heavy atom. The van der Waals surface area contributed by atoms with Crippen LogP contribution in [0.1, 0.15) is 5.56 Å². The highest BCUT2D eigenvalue weighted by molar-refractivity contribution is 7.99. The summed E-state index contributed by atoms with van der Waals surface area (Å²) in [6.45, 7) is 0.468. The Morgan fingerprint density at radius 3 is 2.66 bits per heavy atom. The zero-order valence-electron chi connectivity index (χ0n) is 15.7. The topological polar surface area (TPSA) is 67.0 Å². The van der Waals surface area contributed by atoms with E-state index in [9.17, 15) is 4.79 Å². The number of amides is 1. The third-order valence-corrected chi connectivity index (χ3v) is 6.81. The minimum Gasteiger partial charge on any atom is -0.497 e. The van der Waals surface area contributed by atoms with Crippen LogP contribution in [0.2, 0.25) is 0 Å². The summed E-state index contributed by atoms with van der Waals surface area (Å²) in [6.07, 6.45) is 0. The van der Waals surface area contributed by atoms with Crippen LogP contribution in [0.4, 0.5) is 0 Å². The van der Waals surface area contributed by atoms with Crippen LogP contribution in [-0.2, 0) is 11.3 Å². The lowest BCUT2D eigenvalue weighted by molar-refractivity contribution is -0.118. The molecule has 8 heteroatoms. The maximum absolute atomic E-state index is 12.3. The van der Waals surface area contributed by atoms with Gasteiger partial charge >= 0.3 is 0 Å². The number of nitrogens with zero attached hydrogens (tertiary/aromatic N) is 1. The molecule has 0 spiro atoms. The average Bonchev–Trinajstić information content (AvgIpc) is 3.51. The number of imidazole rings is 1. The molecule has 0 atom stereocenters. The van der Waals surface area contributed by atoms with Crippen LogP contribution in [0.5, 0.6) is 5.75 Å². The van der Waals surface area contributed by atoms with E-state index in [0.717, 1.165) is 37.6 Å². The first kappa shape index (κ1) is 19.8. The van der Waals surface area contributed by atoms with Gasteiger partial charge in [-0.1, -0.05) is 36.0 Å². The minimum absolute atomic E-state index is 0.0374. The van der Waals surface area contributed by atoms with E-state index >= 15 is 0 Å². The lowest BCUT2D eigenvalue weighted by Gasteiger charge is -2.06. The molecule has 4 rings (SSSR count). The largest absolute Gasteiger partial charge is 0.497 e. The Labute approximate surface area is 181 Å². The van der Waals surface area contributed by atoms with Crippen molar-refractivity contribution in [1.29, 1.82) is 0 Å². The fraction of sp³-hybridized carbons (Fsp3) is 0.143. The Morgan fingerprint density at radius 2 is 1.93 bits per heavy atom. The molecule has 3 heterocycles. The van der Waals surface area contributed by atoms with Crippen LogP contribution in [0.25, 0.3) is 21.1 Å². The number of methoxy groups -OCH3 is 1. The summed E-state index contributed by atoms with van der Waals surface area (Å²) in [5, 5.41) is 7.78. The zero-order chi connectivity index (χ0) is 20.1. The zero-order valence-corrected chi connectivity index (χ0v) is 18.1. The van der Waals surface area contributed by atoms with Gasteiger partial charge in [0.05, 0.1) is 28.3 Å². The van der Waals surface area contributed by atoms with E-state index in [1.54, 1.807) is 29.8 Å². The van der Waals surface area contributed by atoms with E-state index in [2.05, 4.69) is 22.4 Å². The van der Waals surface area contributed by atoms with Gasteiger partial charge in [0.15, 0.2) is 5.16 Å². The number of thiophene rings is 2. The van der Waals surface area contributed by atoms with E-state index < -0.39 is 0 Å². The smallest absolute Gasteiger partial charge is 0.230 e. The number of nitrogens with one attached hydrogen (secondary N) is 2. The Hall–Kier alpha value is -2.55. The molecule has 148 valence electrons. The normalized spacial score (nSPS) is 10.8. The van der Waals surface area contributed by atoms with Gasteiger partial charge in [-0.3, -0.25) is 4.79 Å². The number of carbonyl (C=O) groups excluding carboxylic acids is 1. The van der Waals surface area contributed by atoms with Gasteiger partial charge in [-0.2, -0.15) is 0 Å². The Kier molecular flexibility index (Phi) is 6.33. The number of rotatable bonds is 8. The van der Waals surface area contributed by atoms with Gasteiger partial charge < -0.3 is 15.0 Å². The Balaban J connectivity index is 1.40. The van der Waals surface area contributed by atoms with Crippen molar-refractivity contribution in [3.8, 4) is 26.9 Å². The number of hydrogen-bond acceptors (Lipinski definition) is 6. The summed E-state index contributed by atoms with van der Waals surface area (Å²) in [7, 11) is 1.63. The van der Waals surface area contributed by atoms with Crippen molar-refractivity contribution in [2.75, 3.05) is 12.9 Å². The van der Waals surface area contributed by atoms with E-state index in [1.165, 1.54) is 11.8 Å². The SMILES string of the molecule is COc1cccc(CNC(=O)CSc2nc(-c3cccs3)c(-c3cccs3)[nH]2)c1. The maximum Gasteiger partial charge on any atom is 0.230 e. The summed E-state index contributed by atoms with van der Waals surface area (Å²) < 4.78 is 5.21. The van der Waals surface area contributed by atoms with E-state index in [4.69, 9.17) is 9.72 Å². The molecular formula is C21H19N3O2S3. The molecule has 3 aromatic heterocycles. The molecule has 0 unspecified atom stereocenters. The molecule has 4 aromatic rings. The predicted molar refractivity (Wildman–Crippen MR) is 121 cm³/mol. The number of benzene rings is 1. The fourth-order valence-corrected chi connectivity index (χ4v) is 4.93. The standard InChI is InChI=1S/C21H19N3O2S3/c1-26-15-6-2-5-14(11-15)12-22-18(25)13-29-21-23-19(16-7-3-9-27-16)20(24-21)17-8-4-10-28-17/h2-11H,12-13H2,1H3,(H,22,25)(H,23,24). The highest BCUT2D eigenvalue weighted by atomic mass is 32.2. The molecule has 1 amide bonds. The van der Waals surface area contributed by atoms with Crippen LogP contribution in [-0.4, -0.2) is 28.7 Å². The van der Waals surface area contributed by atoms with Gasteiger partial charge in [-0.05, 0) is 40.6 Å². The monoisotopic (exact) mass is 441 g/mol. The number of carbonyl (C=O) groups is 1. The van der Waals surface area contributed by atoms with Crippen LogP contribution in [0.15, 0.2) is 64.4 Å². The molecule has 2 N–H and O–H groups in total. The molecule has 0 saturated carbocycles. The van der Waals surface area contributed by atoms with Gasteiger partial charge in [0.25, 0.3) is 0 Å². The highest BCUT2D eigenvalue weighted by Crippen LogP contribution is 2.36. The first-order chi connectivity index (χ1) is 14.2. The molecule has 0 aliphatic heterocycles. The molecule has 5 nitrogen and oxygen atoms in total. The molecule has 0 saturated heterocycles. The van der Waals surface area contributed by atoms with E-state index in [1.807, 2.05) is 47.2 Å². The predicted octanol–water partition coefficient (Wildman–Crippen LogP) is 5.28. The summed E-state index contributed by atoms with van der Waals surface area (Å²) in [4.78, 5) is 22.7. The van der Waals surface area contributed by atoms with Crippen molar-refractivity contribution in [3.05, 3.63) is 64.9 Å². The van der Waals surface area contributed by atoms with Crippen LogP contribution in [0.3, 0.4) is 0 Å². The lowest BCUT2D eigenvalue weighted by atomic mass is 10.2. The third-order valence-electron chi connectivity index (χ3n) is 4.17. The molecule has 0 fully saturated rings. The maximum atomic E-state index is 12.3. The van der Waals surface area contributed by atoms with Crippen LogP contribution >= 0.6 is 34.4 Å². The Bertz CT molecular complexity index is 1020. The van der Waals surface area contributed by atoms with Gasteiger partial charge in [-0.15, -0.1) is 22.7 Å². The van der Waals surface area contributed by atoms with Gasteiger partial charge in [0.1, 0.15) is 11.4 Å². The van der Waals surface area contributed by atoms with Crippen LogP contribution < -0.4 is 10.1 Å². The summed E-state index contributed by atoms with van der Waals surface area (Å²) in [5.41, 5.74) is 2.93. The van der Waals surface area contributed by atoms with Crippen molar-refractivity contribution in [2.24, 2.45) is 0 Å². The number of H-pyrrole nitrogens is 1. The number of ether oxygens (including phenoxy) is 1. The summed E-state index contributed by atoms with van der Waals surface area (Å²) in [6, 6.07) is 15.9. The van der Waals surface area contributed by atoms with Crippen molar-refractivity contribution in [1.82, 2.24) is 15.3 Å². The van der Waals surface area contributed by atoms with Crippen LogP contribution in [0, 0.1) is 0 Å². The van der Waals surface area contributed by atoms with Crippen molar-refractivity contribution in [3.63, 3.8) is 0 Å². The van der Waals surface area contributed by atoms with Crippen molar-refractivity contribution in [2.45, 2.75) is 11.7 Å². The third kappa shape index (κ3) is 4.90. The lowest BCUT2D eigenvalue weighted by Crippen LogP contribution is -2.24. The number of aromatic nitrogens is 2. The molecule has 0 radical (unpaired) electrons. The fourth-order valence-electron chi connectivity index (χ4n) is 2.78. The second-order valence-electron chi connectivity index (χ2n) is 6.14. The number of hydrogen-bond donors (Lipinski definition) is 2. The average molecular weight is 442 g/mol. The summed E-state index contributed by atoms with van der Waals surface area (Å²) >= 11 is 4.73. The molecule has 1 aromatic carbocycles. The molecule has 29 heavy (non-hydrogen) atoms. The summed E-state index contributed by atoms with van der Waals surface area (Å²) in [5.74, 6) is 1.04. The van der Waals surface area contributed by atoms with Gasteiger partial charge in [0.2, 0.25) is 5.91 Å². The van der Waals surface area contributed by atoms with Crippen molar-refractivity contribution >= 4 is 40.3 Å². The molecule has 0 aliphatic rings. The molecule has 0 bridgehead atoms. The first-order valence-corrected chi connectivity index (χ1v) is 11.7. The van der Waals surface area contributed by atoms with Crippen molar-refractivity contribution < 1.29 is 9.53 Å². The van der Waals surface area contributed by atoms with Gasteiger partial charge in [-0.25, -0.2) is 4.98 Å². The second kappa shape index (κ2) is 9.30. The molecular weight excluding hydrogens is 422 g/mol. The number of aromatic amines is 1. The minimum atomic E-state index is -0.0374.